The van der Waals surface area contributed by atoms with Crippen molar-refractivity contribution in [3.63, 3.8) is 0 Å². The zero-order valence-electron chi connectivity index (χ0n) is 31.7. The molecule has 2 aromatic heterocycles. The number of likely N-dealkylation sites (tertiary alicyclic amines) is 1. The second-order valence-corrected chi connectivity index (χ2v) is 16.5. The van der Waals surface area contributed by atoms with E-state index in [9.17, 15) is 14.7 Å². The van der Waals surface area contributed by atoms with Crippen molar-refractivity contribution in [2.24, 2.45) is 23.7 Å². The molecule has 6 heterocycles. The van der Waals surface area contributed by atoms with Gasteiger partial charge in [-0.3, -0.25) is 19.4 Å². The third-order valence-corrected chi connectivity index (χ3v) is 14.2. The molecule has 3 saturated heterocycles. The van der Waals surface area contributed by atoms with Crippen LogP contribution in [0.2, 0.25) is 0 Å². The summed E-state index contributed by atoms with van der Waals surface area (Å²) in [5.74, 6) is 0.199. The lowest BCUT2D eigenvalue weighted by Crippen LogP contribution is -2.68. The number of aromatic nitrogens is 2. The summed E-state index contributed by atoms with van der Waals surface area (Å²) in [6.07, 6.45) is 5.47. The predicted molar refractivity (Wildman–Crippen MR) is 203 cm³/mol. The molecule has 10 heteroatoms. The predicted octanol–water partition coefficient (Wildman–Crippen LogP) is 5.46. The number of rotatable bonds is 5. The molecule has 10 unspecified atom stereocenters. The lowest BCUT2D eigenvalue weighted by atomic mass is 9.56. The number of nitrogens with zero attached hydrogens (tertiary/aromatic N) is 2. The van der Waals surface area contributed by atoms with Gasteiger partial charge in [0.15, 0.2) is 0 Å². The molecule has 4 aromatic rings. The van der Waals surface area contributed by atoms with Crippen LogP contribution in [0.25, 0.3) is 21.8 Å². The Morgan fingerprint density at radius 2 is 1.85 bits per heavy atom. The molecule has 280 valence electrons. The molecule has 6 bridgehead atoms. The first-order chi connectivity index (χ1) is 25.6. The maximum Gasteiger partial charge on any atom is 0.319 e. The van der Waals surface area contributed by atoms with Gasteiger partial charge in [-0.2, -0.15) is 0 Å². The lowest BCUT2D eigenvalue weighted by molar-refractivity contribution is -0.166. The standard InChI is InChI=1S/C43H52N4O6/c1-7-24-21-46(3)35-17-32-25-10-8-9-11-33(25)44-38(32)31(15-28(24)37(35)41(49)52-5)30-16-34-29(18-36(30)51-4)26-12-13-47-20-23-14-27(22(2)48)40(47)43(19-23,39(26)45-34)42(50)53-6/h7-11,16,18,22-23,27-28,31,35,37,40,44-45,48H,12-15,17,19-21H2,1-6H3/b24-7-. The number of allylic oxidation sites excluding steroid dienone is 1. The largest absolute Gasteiger partial charge is 0.496 e. The van der Waals surface area contributed by atoms with E-state index in [0.717, 1.165) is 77.2 Å². The SMILES string of the molecule is C/C=C1/CN(C)C2Cc3c([nH]c4ccccc34)C(c3cc4[nH]c5c(c4cc3OC)CCN3CC4CC(C(C)O)C3C5(C(=O)OC)C4)CC1C2C(=O)OC. The minimum atomic E-state index is -0.905. The zero-order chi connectivity index (χ0) is 36.9. The third-order valence-electron chi connectivity index (χ3n) is 14.2. The second kappa shape index (κ2) is 12.7. The van der Waals surface area contributed by atoms with Gasteiger partial charge in [0, 0.05) is 82.3 Å². The zero-order valence-corrected chi connectivity index (χ0v) is 31.7. The number of likely N-dealkylation sites (N-methyl/N-ethyl adjacent to an activating group) is 1. The van der Waals surface area contributed by atoms with Gasteiger partial charge in [0.25, 0.3) is 0 Å². The minimum Gasteiger partial charge on any atom is -0.496 e. The Morgan fingerprint density at radius 3 is 2.58 bits per heavy atom. The number of nitrogens with one attached hydrogen (secondary N) is 2. The van der Waals surface area contributed by atoms with E-state index < -0.39 is 11.5 Å². The molecule has 6 aliphatic rings. The normalized spacial score (nSPS) is 33.5. The number of carbonyl (C=O) groups is 2. The number of methoxy groups -OCH3 is 3. The average Bonchev–Trinajstić information content (AvgIpc) is 3.69. The number of ether oxygens (including phenoxy) is 3. The fraction of sp³-hybridized carbons (Fsp3) is 0.535. The van der Waals surface area contributed by atoms with Crippen LogP contribution in [0.3, 0.4) is 0 Å². The molecule has 2 aliphatic carbocycles. The highest BCUT2D eigenvalue weighted by atomic mass is 16.5. The summed E-state index contributed by atoms with van der Waals surface area (Å²) in [6.45, 7) is 6.50. The fourth-order valence-electron chi connectivity index (χ4n) is 12.0. The monoisotopic (exact) mass is 720 g/mol. The third kappa shape index (κ3) is 4.94. The van der Waals surface area contributed by atoms with Crippen molar-refractivity contribution in [2.75, 3.05) is 48.0 Å². The maximum atomic E-state index is 14.2. The Hall–Kier alpha value is -4.12. The van der Waals surface area contributed by atoms with Crippen molar-refractivity contribution in [3.8, 4) is 5.75 Å². The van der Waals surface area contributed by atoms with Gasteiger partial charge in [-0.05, 0) is 94.2 Å². The summed E-state index contributed by atoms with van der Waals surface area (Å²) >= 11 is 0. The lowest BCUT2D eigenvalue weighted by Gasteiger charge is -2.58. The van der Waals surface area contributed by atoms with Crippen LogP contribution in [-0.4, -0.2) is 103 Å². The number of aliphatic hydroxyl groups is 1. The Kier molecular flexibility index (Phi) is 8.33. The van der Waals surface area contributed by atoms with Crippen molar-refractivity contribution in [1.29, 1.82) is 0 Å². The first-order valence-corrected chi connectivity index (χ1v) is 19.4. The number of fused-ring (bicyclic) bond motifs is 9. The number of carbonyl (C=O) groups excluding carboxylic acids is 2. The molecule has 0 amide bonds. The minimum absolute atomic E-state index is 0.0103. The Morgan fingerprint density at radius 1 is 1.04 bits per heavy atom. The van der Waals surface area contributed by atoms with Crippen molar-refractivity contribution in [1.82, 2.24) is 19.8 Å². The molecular weight excluding hydrogens is 668 g/mol. The Labute approximate surface area is 310 Å². The summed E-state index contributed by atoms with van der Waals surface area (Å²) < 4.78 is 17.6. The molecule has 10 atom stereocenters. The van der Waals surface area contributed by atoms with E-state index in [-0.39, 0.29) is 47.7 Å². The fourth-order valence-corrected chi connectivity index (χ4v) is 12.0. The van der Waals surface area contributed by atoms with Crippen LogP contribution in [0.4, 0.5) is 0 Å². The van der Waals surface area contributed by atoms with Crippen LogP contribution >= 0.6 is 0 Å². The highest BCUT2D eigenvalue weighted by Gasteiger charge is 2.64. The second-order valence-electron chi connectivity index (χ2n) is 16.5. The molecule has 4 aliphatic heterocycles. The van der Waals surface area contributed by atoms with Gasteiger partial charge in [-0.1, -0.05) is 29.8 Å². The molecule has 1 saturated carbocycles. The maximum absolute atomic E-state index is 14.2. The summed E-state index contributed by atoms with van der Waals surface area (Å²) in [7, 11) is 6.87. The summed E-state index contributed by atoms with van der Waals surface area (Å²) in [6, 6.07) is 12.7. The molecule has 0 radical (unpaired) electrons. The van der Waals surface area contributed by atoms with Crippen molar-refractivity contribution < 1.29 is 28.9 Å². The van der Waals surface area contributed by atoms with Gasteiger partial charge in [0.1, 0.15) is 11.2 Å². The van der Waals surface area contributed by atoms with Gasteiger partial charge in [-0.25, -0.2) is 0 Å². The molecule has 0 spiro atoms. The number of hydrogen-bond acceptors (Lipinski definition) is 8. The molecule has 4 fully saturated rings. The topological polar surface area (TPSA) is 120 Å². The first-order valence-electron chi connectivity index (χ1n) is 19.4. The van der Waals surface area contributed by atoms with E-state index in [1.54, 1.807) is 7.11 Å². The van der Waals surface area contributed by atoms with Crippen molar-refractivity contribution in [2.45, 2.75) is 75.5 Å². The molecule has 10 nitrogen and oxygen atoms in total. The van der Waals surface area contributed by atoms with Crippen LogP contribution in [0.15, 0.2) is 48.0 Å². The molecule has 10 rings (SSSR count). The molecule has 3 N–H and O–H groups in total. The average molecular weight is 721 g/mol. The van der Waals surface area contributed by atoms with Gasteiger partial charge in [-0.15, -0.1) is 0 Å². The van der Waals surface area contributed by atoms with E-state index in [1.807, 2.05) is 6.92 Å². The first kappa shape index (κ1) is 34.6. The van der Waals surface area contributed by atoms with Crippen LogP contribution in [0.1, 0.15) is 67.1 Å². The van der Waals surface area contributed by atoms with E-state index in [0.29, 0.717) is 25.2 Å². The molecule has 53 heavy (non-hydrogen) atoms. The number of H-pyrrole nitrogens is 2. The number of piperidine rings is 3. The highest BCUT2D eigenvalue weighted by molar-refractivity contribution is 5.93. The van der Waals surface area contributed by atoms with Crippen LogP contribution < -0.4 is 4.74 Å². The quantitative estimate of drug-likeness (QED) is 0.184. The van der Waals surface area contributed by atoms with Crippen LogP contribution in [0.5, 0.6) is 5.75 Å². The summed E-state index contributed by atoms with van der Waals surface area (Å²) in [5.41, 5.74) is 7.90. The number of para-hydroxylation sites is 1. The van der Waals surface area contributed by atoms with Gasteiger partial charge >= 0.3 is 11.9 Å². The van der Waals surface area contributed by atoms with E-state index in [4.69, 9.17) is 14.2 Å². The van der Waals surface area contributed by atoms with Gasteiger partial charge < -0.3 is 29.3 Å². The van der Waals surface area contributed by atoms with Crippen LogP contribution in [0, 0.1) is 23.7 Å². The van der Waals surface area contributed by atoms with Crippen LogP contribution in [-0.2, 0) is 37.3 Å². The molecular formula is C43H52N4O6. The number of esters is 2. The van der Waals surface area contributed by atoms with E-state index in [2.05, 4.69) is 76.2 Å². The van der Waals surface area contributed by atoms with Crippen molar-refractivity contribution >= 4 is 33.7 Å². The molecule has 2 aromatic carbocycles. The van der Waals surface area contributed by atoms with Gasteiger partial charge in [0.2, 0.25) is 0 Å². The number of benzene rings is 2. The number of hydrogen-bond donors (Lipinski definition) is 3. The van der Waals surface area contributed by atoms with E-state index >= 15 is 0 Å². The number of aromatic amines is 2. The van der Waals surface area contributed by atoms with E-state index in [1.165, 1.54) is 30.7 Å². The van der Waals surface area contributed by atoms with Gasteiger partial charge in [0.05, 0.1) is 33.4 Å². The summed E-state index contributed by atoms with van der Waals surface area (Å²) in [5, 5.41) is 13.3. The smallest absolute Gasteiger partial charge is 0.319 e. The Balaban J connectivity index is 1.26. The highest BCUT2D eigenvalue weighted by Crippen LogP contribution is 2.56. The summed E-state index contributed by atoms with van der Waals surface area (Å²) in [4.78, 5) is 40.5. The Bertz CT molecular complexity index is 2150. The van der Waals surface area contributed by atoms with Crippen molar-refractivity contribution in [3.05, 3.63) is 76.1 Å². The number of aliphatic hydroxyl groups excluding tert-OH is 1.